The number of hydrogen-bond donors (Lipinski definition) is 2. The van der Waals surface area contributed by atoms with Gasteiger partial charge in [0.1, 0.15) is 11.3 Å². The zero-order valence-electron chi connectivity index (χ0n) is 12.3. The van der Waals surface area contributed by atoms with Crippen LogP contribution >= 0.6 is 11.3 Å². The Bertz CT molecular complexity index is 769. The molecule has 8 heteroatoms. The number of ether oxygens (including phenoxy) is 1. The van der Waals surface area contributed by atoms with E-state index in [2.05, 4.69) is 10.1 Å². The van der Waals surface area contributed by atoms with Gasteiger partial charge in [0.15, 0.2) is 0 Å². The van der Waals surface area contributed by atoms with Crippen LogP contribution in [0.2, 0.25) is 0 Å². The molecule has 0 aliphatic heterocycles. The molecule has 1 amide bonds. The van der Waals surface area contributed by atoms with Crippen LogP contribution < -0.4 is 10.1 Å². The number of carbonyl (C=O) groups excluding carboxylic acids is 1. The molecule has 1 saturated carbocycles. The SMILES string of the molecule is O=C(NC1(C(=O)O)CC1)c1ccc(-c2ccc(OC(F)F)cc2)s1. The Labute approximate surface area is 139 Å². The van der Waals surface area contributed by atoms with Crippen LogP contribution in [0.3, 0.4) is 0 Å². The predicted molar refractivity (Wildman–Crippen MR) is 83.5 cm³/mol. The van der Waals surface area contributed by atoms with Gasteiger partial charge in [0, 0.05) is 4.88 Å². The quantitative estimate of drug-likeness (QED) is 0.835. The van der Waals surface area contributed by atoms with Crippen molar-refractivity contribution in [3.63, 3.8) is 0 Å². The molecule has 0 radical (unpaired) electrons. The summed E-state index contributed by atoms with van der Waals surface area (Å²) in [4.78, 5) is 24.4. The Morgan fingerprint density at radius 2 is 1.83 bits per heavy atom. The summed E-state index contributed by atoms with van der Waals surface area (Å²) in [5.74, 6) is -1.40. The minimum Gasteiger partial charge on any atom is -0.480 e. The number of carbonyl (C=O) groups is 2. The van der Waals surface area contributed by atoms with E-state index in [1.165, 1.54) is 23.5 Å². The molecule has 0 saturated heterocycles. The normalized spacial score (nSPS) is 15.1. The Morgan fingerprint density at radius 1 is 1.17 bits per heavy atom. The second-order valence-electron chi connectivity index (χ2n) is 5.41. The maximum absolute atomic E-state index is 12.2. The van der Waals surface area contributed by atoms with Gasteiger partial charge >= 0.3 is 12.6 Å². The van der Waals surface area contributed by atoms with Crippen LogP contribution in [-0.2, 0) is 4.79 Å². The summed E-state index contributed by atoms with van der Waals surface area (Å²) in [6, 6.07) is 9.41. The molecule has 0 atom stereocenters. The maximum Gasteiger partial charge on any atom is 0.387 e. The van der Waals surface area contributed by atoms with Crippen molar-refractivity contribution in [1.82, 2.24) is 5.32 Å². The smallest absolute Gasteiger partial charge is 0.387 e. The van der Waals surface area contributed by atoms with E-state index in [1.54, 1.807) is 24.3 Å². The van der Waals surface area contributed by atoms with Crippen molar-refractivity contribution in [3.8, 4) is 16.2 Å². The Hall–Kier alpha value is -2.48. The van der Waals surface area contributed by atoms with Crippen molar-refractivity contribution in [3.05, 3.63) is 41.3 Å². The number of halogens is 2. The van der Waals surface area contributed by atoms with Gasteiger partial charge in [-0.3, -0.25) is 4.79 Å². The summed E-state index contributed by atoms with van der Waals surface area (Å²) in [7, 11) is 0. The van der Waals surface area contributed by atoms with E-state index in [1.807, 2.05) is 0 Å². The number of nitrogens with one attached hydrogen (secondary N) is 1. The lowest BCUT2D eigenvalue weighted by Crippen LogP contribution is -2.42. The van der Waals surface area contributed by atoms with Crippen molar-refractivity contribution >= 4 is 23.2 Å². The molecular formula is C16H13F2NO4S. The minimum absolute atomic E-state index is 0.0559. The van der Waals surface area contributed by atoms with Crippen LogP contribution in [0.4, 0.5) is 8.78 Å². The maximum atomic E-state index is 12.2. The summed E-state index contributed by atoms with van der Waals surface area (Å²) in [6.07, 6.45) is 0.857. The summed E-state index contributed by atoms with van der Waals surface area (Å²) in [6.45, 7) is -2.88. The van der Waals surface area contributed by atoms with E-state index in [0.29, 0.717) is 17.7 Å². The van der Waals surface area contributed by atoms with Crippen LogP contribution in [0, 0.1) is 0 Å². The molecule has 2 N–H and O–H groups in total. The molecule has 1 aromatic heterocycles. The number of benzene rings is 1. The van der Waals surface area contributed by atoms with Crippen molar-refractivity contribution in [1.29, 1.82) is 0 Å². The van der Waals surface area contributed by atoms with E-state index in [-0.39, 0.29) is 5.75 Å². The third-order valence-electron chi connectivity index (χ3n) is 3.71. The zero-order chi connectivity index (χ0) is 17.3. The molecule has 3 rings (SSSR count). The van der Waals surface area contributed by atoms with Crippen molar-refractivity contribution in [2.45, 2.75) is 25.0 Å². The monoisotopic (exact) mass is 353 g/mol. The largest absolute Gasteiger partial charge is 0.480 e. The molecule has 5 nitrogen and oxygen atoms in total. The van der Waals surface area contributed by atoms with E-state index in [9.17, 15) is 18.4 Å². The van der Waals surface area contributed by atoms with Crippen molar-refractivity contribution in [2.75, 3.05) is 0 Å². The summed E-state index contributed by atoms with van der Waals surface area (Å²) < 4.78 is 28.5. The average molecular weight is 353 g/mol. The molecule has 0 spiro atoms. The Kier molecular flexibility index (Phi) is 4.23. The van der Waals surface area contributed by atoms with Crippen LogP contribution in [0.1, 0.15) is 22.5 Å². The third-order valence-corrected chi connectivity index (χ3v) is 4.84. The van der Waals surface area contributed by atoms with Gasteiger partial charge in [0.2, 0.25) is 0 Å². The number of alkyl halides is 2. The fourth-order valence-electron chi connectivity index (χ4n) is 2.21. The lowest BCUT2D eigenvalue weighted by Gasteiger charge is -2.10. The van der Waals surface area contributed by atoms with Gasteiger partial charge in [-0.2, -0.15) is 8.78 Å². The molecule has 0 bridgehead atoms. The molecule has 1 aliphatic rings. The lowest BCUT2D eigenvalue weighted by molar-refractivity contribution is -0.140. The lowest BCUT2D eigenvalue weighted by atomic mass is 10.2. The molecule has 1 aromatic carbocycles. The predicted octanol–water partition coefficient (Wildman–Crippen LogP) is 3.36. The second kappa shape index (κ2) is 6.20. The number of thiophene rings is 1. The van der Waals surface area contributed by atoms with Gasteiger partial charge in [0.25, 0.3) is 5.91 Å². The van der Waals surface area contributed by atoms with Gasteiger partial charge in [0.05, 0.1) is 4.88 Å². The molecule has 126 valence electrons. The number of carboxylic acids is 1. The fraction of sp³-hybridized carbons (Fsp3) is 0.250. The van der Waals surface area contributed by atoms with Gasteiger partial charge in [-0.25, -0.2) is 4.79 Å². The van der Waals surface area contributed by atoms with Crippen LogP contribution in [0.5, 0.6) is 5.75 Å². The second-order valence-corrected chi connectivity index (χ2v) is 6.49. The number of carboxylic acid groups (broad SMARTS) is 1. The van der Waals surface area contributed by atoms with Crippen molar-refractivity contribution in [2.24, 2.45) is 0 Å². The fourth-order valence-corrected chi connectivity index (χ4v) is 3.12. The number of rotatable bonds is 6. The van der Waals surface area contributed by atoms with E-state index in [4.69, 9.17) is 5.11 Å². The first kappa shape index (κ1) is 16.4. The number of amides is 1. The van der Waals surface area contributed by atoms with Gasteiger partial charge in [-0.1, -0.05) is 0 Å². The molecular weight excluding hydrogens is 340 g/mol. The zero-order valence-corrected chi connectivity index (χ0v) is 13.1. The molecule has 2 aromatic rings. The molecule has 1 fully saturated rings. The van der Waals surface area contributed by atoms with E-state index >= 15 is 0 Å². The van der Waals surface area contributed by atoms with E-state index in [0.717, 1.165) is 10.4 Å². The van der Waals surface area contributed by atoms with Crippen molar-refractivity contribution < 1.29 is 28.2 Å². The van der Waals surface area contributed by atoms with Gasteiger partial charge < -0.3 is 15.2 Å². The number of aliphatic carboxylic acids is 1. The topological polar surface area (TPSA) is 75.6 Å². The summed E-state index contributed by atoms with van der Waals surface area (Å²) >= 11 is 1.20. The third kappa shape index (κ3) is 3.38. The Morgan fingerprint density at radius 3 is 2.38 bits per heavy atom. The molecule has 1 heterocycles. The van der Waals surface area contributed by atoms with Crippen LogP contribution in [0.15, 0.2) is 36.4 Å². The van der Waals surface area contributed by atoms with Crippen LogP contribution in [0.25, 0.3) is 10.4 Å². The van der Waals surface area contributed by atoms with E-state index < -0.39 is 24.0 Å². The summed E-state index contributed by atoms with van der Waals surface area (Å²) in [5.41, 5.74) is -0.379. The molecule has 24 heavy (non-hydrogen) atoms. The first-order chi connectivity index (χ1) is 11.4. The highest BCUT2D eigenvalue weighted by Crippen LogP contribution is 2.36. The number of hydrogen-bond acceptors (Lipinski definition) is 4. The molecule has 1 aliphatic carbocycles. The first-order valence-electron chi connectivity index (χ1n) is 7.11. The first-order valence-corrected chi connectivity index (χ1v) is 7.92. The average Bonchev–Trinajstić information content (AvgIpc) is 3.14. The van der Waals surface area contributed by atoms with Crippen LogP contribution in [-0.4, -0.2) is 29.1 Å². The highest BCUT2D eigenvalue weighted by Gasteiger charge is 2.51. The molecule has 0 unspecified atom stereocenters. The highest BCUT2D eigenvalue weighted by molar-refractivity contribution is 7.17. The standard InChI is InChI=1S/C16H13F2NO4S/c17-15(18)23-10-3-1-9(2-4-10)11-5-6-12(24-11)13(20)19-16(7-8-16)14(21)22/h1-6,15H,7-8H2,(H,19,20)(H,21,22). The highest BCUT2D eigenvalue weighted by atomic mass is 32.1. The minimum atomic E-state index is -2.88. The Balaban J connectivity index is 1.71. The van der Waals surface area contributed by atoms with Gasteiger partial charge in [-0.05, 0) is 54.8 Å². The summed E-state index contributed by atoms with van der Waals surface area (Å²) in [5, 5.41) is 11.6. The van der Waals surface area contributed by atoms with Gasteiger partial charge in [-0.15, -0.1) is 11.3 Å².